The van der Waals surface area contributed by atoms with Gasteiger partial charge in [-0.15, -0.1) is 0 Å². The number of nitrogen functional groups attached to an aromatic ring is 1. The predicted molar refractivity (Wildman–Crippen MR) is 42.3 cm³/mol. The number of aromatic carboxylic acids is 1. The maximum absolute atomic E-state index is 10.3. The van der Waals surface area contributed by atoms with E-state index in [0.29, 0.717) is 0 Å². The molecule has 7 nitrogen and oxygen atoms in total. The average molecular weight is 183 g/mol. The molecule has 0 amide bonds. The number of anilines is 1. The van der Waals surface area contributed by atoms with Gasteiger partial charge in [0, 0.05) is 6.07 Å². The molecule has 1 aromatic rings. The minimum atomic E-state index is -1.28. The molecule has 1 aromatic heterocycles. The van der Waals surface area contributed by atoms with Gasteiger partial charge in [0.2, 0.25) is 5.82 Å². The van der Waals surface area contributed by atoms with E-state index in [1.165, 1.54) is 0 Å². The molecule has 3 N–H and O–H groups in total. The van der Waals surface area contributed by atoms with Crippen LogP contribution in [0.25, 0.3) is 0 Å². The number of aromatic nitrogens is 1. The van der Waals surface area contributed by atoms with Crippen molar-refractivity contribution in [2.45, 2.75) is 0 Å². The van der Waals surface area contributed by atoms with Crippen molar-refractivity contribution in [3.05, 3.63) is 27.9 Å². The molecule has 0 aliphatic heterocycles. The van der Waals surface area contributed by atoms with Gasteiger partial charge < -0.3 is 10.8 Å². The van der Waals surface area contributed by atoms with Crippen LogP contribution in [0.2, 0.25) is 0 Å². The van der Waals surface area contributed by atoms with Crippen LogP contribution in [-0.4, -0.2) is 21.0 Å². The number of rotatable bonds is 2. The van der Waals surface area contributed by atoms with Crippen molar-refractivity contribution in [2.75, 3.05) is 5.73 Å². The smallest absolute Gasteiger partial charge is 0.354 e. The first-order valence-electron chi connectivity index (χ1n) is 3.16. The highest BCUT2D eigenvalue weighted by Gasteiger charge is 2.15. The number of hydrogen-bond acceptors (Lipinski definition) is 5. The second-order valence-electron chi connectivity index (χ2n) is 2.16. The summed E-state index contributed by atoms with van der Waals surface area (Å²) in [6.07, 6.45) is 0. The van der Waals surface area contributed by atoms with Gasteiger partial charge in [0.15, 0.2) is 5.69 Å². The molecule has 0 aromatic carbocycles. The van der Waals surface area contributed by atoms with E-state index < -0.39 is 22.4 Å². The first-order chi connectivity index (χ1) is 6.02. The van der Waals surface area contributed by atoms with E-state index in [0.717, 1.165) is 12.1 Å². The molecule has 0 saturated carbocycles. The van der Waals surface area contributed by atoms with E-state index in [9.17, 15) is 14.9 Å². The predicted octanol–water partition coefficient (Wildman–Crippen LogP) is 0.270. The minimum absolute atomic E-state index is 0.317. The van der Waals surface area contributed by atoms with Gasteiger partial charge in [0.05, 0.1) is 4.92 Å². The zero-order valence-electron chi connectivity index (χ0n) is 6.30. The fraction of sp³-hybridized carbons (Fsp3) is 0. The summed E-state index contributed by atoms with van der Waals surface area (Å²) in [6.45, 7) is 0. The first kappa shape index (κ1) is 8.91. The van der Waals surface area contributed by atoms with Crippen LogP contribution in [0.15, 0.2) is 12.1 Å². The third-order valence-electron chi connectivity index (χ3n) is 1.32. The third kappa shape index (κ3) is 1.70. The Morgan fingerprint density at radius 2 is 2.23 bits per heavy atom. The summed E-state index contributed by atoms with van der Waals surface area (Å²) in [6, 6.07) is 2.03. The van der Waals surface area contributed by atoms with Gasteiger partial charge >= 0.3 is 11.7 Å². The summed E-state index contributed by atoms with van der Waals surface area (Å²) in [4.78, 5) is 23.2. The number of carbonyl (C=O) groups is 1. The number of carboxylic acid groups (broad SMARTS) is 1. The lowest BCUT2D eigenvalue weighted by molar-refractivity contribution is -0.384. The minimum Gasteiger partial charge on any atom is -0.477 e. The van der Waals surface area contributed by atoms with Crippen molar-refractivity contribution in [1.82, 2.24) is 4.98 Å². The zero-order chi connectivity index (χ0) is 10.0. The second kappa shape index (κ2) is 3.05. The molecule has 0 saturated heterocycles. The van der Waals surface area contributed by atoms with Crippen LogP contribution < -0.4 is 5.73 Å². The third-order valence-corrected chi connectivity index (χ3v) is 1.32. The zero-order valence-corrected chi connectivity index (χ0v) is 6.30. The van der Waals surface area contributed by atoms with Gasteiger partial charge in [-0.1, -0.05) is 0 Å². The summed E-state index contributed by atoms with van der Waals surface area (Å²) >= 11 is 0. The van der Waals surface area contributed by atoms with Crippen molar-refractivity contribution in [2.24, 2.45) is 0 Å². The Morgan fingerprint density at radius 1 is 1.62 bits per heavy atom. The molecule has 68 valence electrons. The molecule has 1 heterocycles. The van der Waals surface area contributed by atoms with Gasteiger partial charge in [0.25, 0.3) is 0 Å². The molecule has 0 bridgehead atoms. The highest BCUT2D eigenvalue weighted by atomic mass is 16.6. The molecule has 13 heavy (non-hydrogen) atoms. The standard InChI is InChI=1S/C6H5N3O4/c7-5-4(9(12)13)2-1-3(8-5)6(10)11/h1-2H,(H2,7,8)(H,10,11). The summed E-state index contributed by atoms with van der Waals surface area (Å²) in [7, 11) is 0. The fourth-order valence-corrected chi connectivity index (χ4v) is 0.741. The molecule has 0 aliphatic carbocycles. The molecule has 1 rings (SSSR count). The van der Waals surface area contributed by atoms with E-state index >= 15 is 0 Å². The van der Waals surface area contributed by atoms with Crippen LogP contribution in [-0.2, 0) is 0 Å². The molecule has 7 heteroatoms. The number of nitro groups is 1. The highest BCUT2D eigenvalue weighted by Crippen LogP contribution is 2.18. The van der Waals surface area contributed by atoms with E-state index in [2.05, 4.69) is 4.98 Å². The molecule has 0 atom stereocenters. The van der Waals surface area contributed by atoms with E-state index in [4.69, 9.17) is 10.8 Å². The number of pyridine rings is 1. The van der Waals surface area contributed by atoms with E-state index in [1.54, 1.807) is 0 Å². The second-order valence-corrected chi connectivity index (χ2v) is 2.16. The Hall–Kier alpha value is -2.18. The Morgan fingerprint density at radius 3 is 2.62 bits per heavy atom. The summed E-state index contributed by atoms with van der Waals surface area (Å²) in [5, 5.41) is 18.7. The van der Waals surface area contributed by atoms with Gasteiger partial charge in [-0.3, -0.25) is 10.1 Å². The number of hydrogen-bond donors (Lipinski definition) is 2. The SMILES string of the molecule is Nc1nc(C(=O)O)ccc1[N+](=O)[O-]. The van der Waals surface area contributed by atoms with Crippen LogP contribution in [0.4, 0.5) is 11.5 Å². The maximum atomic E-state index is 10.3. The van der Waals surface area contributed by atoms with Crippen LogP contribution in [0.5, 0.6) is 0 Å². The van der Waals surface area contributed by atoms with Crippen LogP contribution in [0.1, 0.15) is 10.5 Å². The Bertz CT molecular complexity index is 376. The number of nitrogens with zero attached hydrogens (tertiary/aromatic N) is 2. The highest BCUT2D eigenvalue weighted by molar-refractivity contribution is 5.86. The summed E-state index contributed by atoms with van der Waals surface area (Å²) in [5.41, 5.74) is 4.43. The van der Waals surface area contributed by atoms with Crippen LogP contribution >= 0.6 is 0 Å². The summed E-state index contributed by atoms with van der Waals surface area (Å²) in [5.74, 6) is -1.67. The fourth-order valence-electron chi connectivity index (χ4n) is 0.741. The Kier molecular flexibility index (Phi) is 2.09. The van der Waals surface area contributed by atoms with Crippen molar-refractivity contribution < 1.29 is 14.8 Å². The Labute approximate surface area is 72.0 Å². The topological polar surface area (TPSA) is 119 Å². The first-order valence-corrected chi connectivity index (χ1v) is 3.16. The lowest BCUT2D eigenvalue weighted by atomic mass is 10.3. The lowest BCUT2D eigenvalue weighted by Gasteiger charge is -1.96. The number of nitrogens with two attached hydrogens (primary N) is 1. The Balaban J connectivity index is 3.20. The average Bonchev–Trinajstić information content (AvgIpc) is 2.03. The van der Waals surface area contributed by atoms with Crippen LogP contribution in [0.3, 0.4) is 0 Å². The van der Waals surface area contributed by atoms with E-state index in [1.807, 2.05) is 0 Å². The molecule has 0 unspecified atom stereocenters. The molecule has 0 fully saturated rings. The lowest BCUT2D eigenvalue weighted by Crippen LogP contribution is -2.05. The largest absolute Gasteiger partial charge is 0.477 e. The number of carboxylic acids is 1. The van der Waals surface area contributed by atoms with Gasteiger partial charge in [0.1, 0.15) is 0 Å². The molecule has 0 radical (unpaired) electrons. The quantitative estimate of drug-likeness (QED) is 0.501. The summed E-state index contributed by atoms with van der Waals surface area (Å²) < 4.78 is 0. The maximum Gasteiger partial charge on any atom is 0.354 e. The van der Waals surface area contributed by atoms with Crippen molar-refractivity contribution in [3.63, 3.8) is 0 Å². The molecular formula is C6H5N3O4. The monoisotopic (exact) mass is 183 g/mol. The van der Waals surface area contributed by atoms with Crippen molar-refractivity contribution >= 4 is 17.5 Å². The molecule has 0 spiro atoms. The van der Waals surface area contributed by atoms with Gasteiger partial charge in [-0.2, -0.15) is 0 Å². The van der Waals surface area contributed by atoms with Gasteiger partial charge in [-0.25, -0.2) is 9.78 Å². The normalized spacial score (nSPS) is 9.54. The van der Waals surface area contributed by atoms with Crippen LogP contribution in [0, 0.1) is 10.1 Å². The van der Waals surface area contributed by atoms with Crippen molar-refractivity contribution in [1.29, 1.82) is 0 Å². The van der Waals surface area contributed by atoms with E-state index in [-0.39, 0.29) is 5.69 Å². The molecular weight excluding hydrogens is 178 g/mol. The van der Waals surface area contributed by atoms with Gasteiger partial charge in [-0.05, 0) is 6.07 Å². The van der Waals surface area contributed by atoms with Crippen molar-refractivity contribution in [3.8, 4) is 0 Å². The molecule has 0 aliphatic rings.